The molecular formula is C17H14ClNO4. The van der Waals surface area contributed by atoms with Crippen molar-refractivity contribution in [2.75, 3.05) is 13.2 Å². The van der Waals surface area contributed by atoms with Crippen LogP contribution in [0.2, 0.25) is 5.02 Å². The molecule has 0 aliphatic rings. The van der Waals surface area contributed by atoms with Gasteiger partial charge in [-0.1, -0.05) is 11.6 Å². The number of benzene rings is 2. The first-order chi connectivity index (χ1) is 11.1. The van der Waals surface area contributed by atoms with Gasteiger partial charge in [0.1, 0.15) is 17.2 Å². The third kappa shape index (κ3) is 4.90. The molecule has 0 amide bonds. The molecule has 0 radical (unpaired) electrons. The molecule has 2 aromatic carbocycles. The van der Waals surface area contributed by atoms with Crippen LogP contribution in [-0.2, 0) is 4.79 Å². The normalized spacial score (nSPS) is 9.78. The van der Waals surface area contributed by atoms with E-state index in [1.165, 1.54) is 12.1 Å². The van der Waals surface area contributed by atoms with Gasteiger partial charge in [0.25, 0.3) is 0 Å². The first-order valence-corrected chi connectivity index (χ1v) is 7.26. The number of nitrogens with zero attached hydrogens (tertiary/aromatic N) is 1. The molecule has 5 nitrogen and oxygen atoms in total. The topological polar surface area (TPSA) is 68.6 Å². The van der Waals surface area contributed by atoms with Gasteiger partial charge < -0.3 is 14.2 Å². The zero-order chi connectivity index (χ0) is 16.7. The average Bonchev–Trinajstić information content (AvgIpc) is 2.55. The summed E-state index contributed by atoms with van der Waals surface area (Å²) >= 11 is 5.96. The van der Waals surface area contributed by atoms with Crippen LogP contribution in [0.5, 0.6) is 17.2 Å². The van der Waals surface area contributed by atoms with Crippen LogP contribution in [0.25, 0.3) is 0 Å². The lowest BCUT2D eigenvalue weighted by Crippen LogP contribution is -2.17. The smallest absolute Gasteiger partial charge is 0.349 e. The second-order valence-corrected chi connectivity index (χ2v) is 4.83. The van der Waals surface area contributed by atoms with E-state index in [1.54, 1.807) is 30.3 Å². The number of hydrogen-bond donors (Lipinski definition) is 0. The zero-order valence-electron chi connectivity index (χ0n) is 12.4. The number of carbonyl (C=O) groups is 1. The highest BCUT2D eigenvalue weighted by molar-refractivity contribution is 6.32. The van der Waals surface area contributed by atoms with Gasteiger partial charge in [-0.2, -0.15) is 5.26 Å². The Balaban J connectivity index is 1.89. The van der Waals surface area contributed by atoms with Crippen LogP contribution in [0, 0.1) is 11.3 Å². The maximum absolute atomic E-state index is 11.8. The molecule has 6 heteroatoms. The van der Waals surface area contributed by atoms with E-state index in [-0.39, 0.29) is 11.6 Å². The second-order valence-electron chi connectivity index (χ2n) is 4.42. The molecule has 0 saturated heterocycles. The van der Waals surface area contributed by atoms with Gasteiger partial charge in [-0.25, -0.2) is 4.79 Å². The molecule has 0 aliphatic heterocycles. The Morgan fingerprint density at radius 3 is 2.43 bits per heavy atom. The molecule has 0 atom stereocenters. The minimum Gasteiger partial charge on any atom is -0.494 e. The van der Waals surface area contributed by atoms with Gasteiger partial charge >= 0.3 is 5.97 Å². The summed E-state index contributed by atoms with van der Waals surface area (Å²) < 4.78 is 15.7. The van der Waals surface area contributed by atoms with Crippen LogP contribution in [0.15, 0.2) is 42.5 Å². The monoisotopic (exact) mass is 331 g/mol. The van der Waals surface area contributed by atoms with E-state index < -0.39 is 5.97 Å². The molecule has 23 heavy (non-hydrogen) atoms. The highest BCUT2D eigenvalue weighted by Crippen LogP contribution is 2.25. The quantitative estimate of drug-likeness (QED) is 0.597. The lowest BCUT2D eigenvalue weighted by atomic mass is 10.2. The van der Waals surface area contributed by atoms with Crippen molar-refractivity contribution in [1.82, 2.24) is 0 Å². The molecular weight excluding hydrogens is 318 g/mol. The van der Waals surface area contributed by atoms with Gasteiger partial charge in [-0.15, -0.1) is 0 Å². The highest BCUT2D eigenvalue weighted by Gasteiger charge is 2.09. The van der Waals surface area contributed by atoms with E-state index in [1.807, 2.05) is 13.0 Å². The number of hydrogen-bond acceptors (Lipinski definition) is 5. The SMILES string of the molecule is CCOc1ccc(OC(=O)COc2ccc(C#N)cc2Cl)cc1. The van der Waals surface area contributed by atoms with Gasteiger partial charge in [0.2, 0.25) is 0 Å². The molecule has 0 aromatic heterocycles. The predicted octanol–water partition coefficient (Wildman–Crippen LogP) is 3.59. The van der Waals surface area contributed by atoms with Gasteiger partial charge in [-0.3, -0.25) is 0 Å². The first-order valence-electron chi connectivity index (χ1n) is 6.88. The Morgan fingerprint density at radius 1 is 1.13 bits per heavy atom. The molecule has 118 valence electrons. The van der Waals surface area contributed by atoms with Crippen molar-refractivity contribution in [1.29, 1.82) is 5.26 Å². The Hall–Kier alpha value is -2.71. The molecule has 0 aliphatic carbocycles. The van der Waals surface area contributed by atoms with Crippen LogP contribution in [0.4, 0.5) is 0 Å². The summed E-state index contributed by atoms with van der Waals surface area (Å²) in [5.41, 5.74) is 0.416. The number of halogens is 1. The van der Waals surface area contributed by atoms with E-state index in [2.05, 4.69) is 0 Å². The fourth-order valence-electron chi connectivity index (χ4n) is 1.76. The van der Waals surface area contributed by atoms with E-state index >= 15 is 0 Å². The van der Waals surface area contributed by atoms with Crippen LogP contribution < -0.4 is 14.2 Å². The average molecular weight is 332 g/mol. The van der Waals surface area contributed by atoms with E-state index in [0.717, 1.165) is 0 Å². The summed E-state index contributed by atoms with van der Waals surface area (Å²) in [5, 5.41) is 9.02. The van der Waals surface area contributed by atoms with Crippen LogP contribution in [0.1, 0.15) is 12.5 Å². The fourth-order valence-corrected chi connectivity index (χ4v) is 1.99. The first kappa shape index (κ1) is 16.7. The van der Waals surface area contributed by atoms with Crippen molar-refractivity contribution in [3.63, 3.8) is 0 Å². The molecule has 0 N–H and O–H groups in total. The summed E-state index contributed by atoms with van der Waals surface area (Å²) in [6.07, 6.45) is 0. The Kier molecular flexibility index (Phi) is 5.84. The summed E-state index contributed by atoms with van der Waals surface area (Å²) in [6, 6.07) is 13.2. The van der Waals surface area contributed by atoms with Crippen LogP contribution in [0.3, 0.4) is 0 Å². The number of carbonyl (C=O) groups excluding carboxylic acids is 1. The zero-order valence-corrected chi connectivity index (χ0v) is 13.2. The Labute approximate surface area is 139 Å². The van der Waals surface area contributed by atoms with Crippen molar-refractivity contribution in [2.45, 2.75) is 6.92 Å². The number of nitriles is 1. The molecule has 2 rings (SSSR count). The lowest BCUT2D eigenvalue weighted by molar-refractivity contribution is -0.136. The predicted molar refractivity (Wildman–Crippen MR) is 84.9 cm³/mol. The van der Waals surface area contributed by atoms with Crippen molar-refractivity contribution < 1.29 is 19.0 Å². The van der Waals surface area contributed by atoms with Crippen molar-refractivity contribution in [3.8, 4) is 23.3 Å². The van der Waals surface area contributed by atoms with Crippen molar-refractivity contribution >= 4 is 17.6 Å². The molecule has 0 saturated carbocycles. The molecule has 0 bridgehead atoms. The largest absolute Gasteiger partial charge is 0.494 e. The van der Waals surface area contributed by atoms with Crippen molar-refractivity contribution in [3.05, 3.63) is 53.1 Å². The van der Waals surface area contributed by atoms with E-state index in [0.29, 0.717) is 29.4 Å². The summed E-state index contributed by atoms with van der Waals surface area (Å²) in [5.74, 6) is 0.852. The number of rotatable bonds is 6. The number of ether oxygens (including phenoxy) is 3. The molecule has 0 fully saturated rings. The summed E-state index contributed by atoms with van der Waals surface area (Å²) in [6.45, 7) is 2.16. The summed E-state index contributed by atoms with van der Waals surface area (Å²) in [4.78, 5) is 11.8. The fraction of sp³-hybridized carbons (Fsp3) is 0.176. The molecule has 0 heterocycles. The minimum atomic E-state index is -0.561. The van der Waals surface area contributed by atoms with Gasteiger partial charge in [0, 0.05) is 0 Å². The van der Waals surface area contributed by atoms with Crippen LogP contribution in [-0.4, -0.2) is 19.2 Å². The Bertz CT molecular complexity index is 722. The van der Waals surface area contributed by atoms with Gasteiger partial charge in [0.05, 0.1) is 23.3 Å². The minimum absolute atomic E-state index is 0.262. The van der Waals surface area contributed by atoms with E-state index in [4.69, 9.17) is 31.1 Å². The van der Waals surface area contributed by atoms with Gasteiger partial charge in [-0.05, 0) is 49.4 Å². The van der Waals surface area contributed by atoms with Crippen molar-refractivity contribution in [2.24, 2.45) is 0 Å². The summed E-state index contributed by atoms with van der Waals surface area (Å²) in [7, 11) is 0. The molecule has 0 spiro atoms. The highest BCUT2D eigenvalue weighted by atomic mass is 35.5. The maximum Gasteiger partial charge on any atom is 0.349 e. The second kappa shape index (κ2) is 8.06. The maximum atomic E-state index is 11.8. The lowest BCUT2D eigenvalue weighted by Gasteiger charge is -2.09. The number of esters is 1. The Morgan fingerprint density at radius 2 is 1.83 bits per heavy atom. The molecule has 2 aromatic rings. The third-order valence-electron chi connectivity index (χ3n) is 2.77. The van der Waals surface area contributed by atoms with Crippen LogP contribution >= 0.6 is 11.6 Å². The van der Waals surface area contributed by atoms with Gasteiger partial charge in [0.15, 0.2) is 6.61 Å². The van der Waals surface area contributed by atoms with E-state index in [9.17, 15) is 4.79 Å². The molecule has 0 unspecified atom stereocenters. The standard InChI is InChI=1S/C17H14ClNO4/c1-2-21-13-4-6-14(7-5-13)23-17(20)11-22-16-8-3-12(10-19)9-15(16)18/h3-9H,2,11H2,1H3. The third-order valence-corrected chi connectivity index (χ3v) is 3.07.